The van der Waals surface area contributed by atoms with Crippen molar-refractivity contribution in [3.05, 3.63) is 54.6 Å². The topological polar surface area (TPSA) is 15.3 Å². The van der Waals surface area contributed by atoms with Crippen molar-refractivity contribution in [2.45, 2.75) is 77.7 Å². The Kier molecular flexibility index (Phi) is 8.26. The highest BCUT2D eigenvalue weighted by Crippen LogP contribution is 2.31. The van der Waals surface area contributed by atoms with E-state index in [9.17, 15) is 0 Å². The number of rotatable bonds is 10. The minimum absolute atomic E-state index is 0.720. The third-order valence-electron chi connectivity index (χ3n) is 6.28. The van der Waals surface area contributed by atoms with Crippen LogP contribution in [0.15, 0.2) is 54.6 Å². The number of nitrogens with one attached hydrogen (secondary N) is 1. The first-order valence-corrected chi connectivity index (χ1v) is 11.5. The summed E-state index contributed by atoms with van der Waals surface area (Å²) in [5, 5.41) is 3.51. The summed E-state index contributed by atoms with van der Waals surface area (Å²) < 4.78 is 0. The Morgan fingerprint density at radius 3 is 2.21 bits per heavy atom. The highest BCUT2D eigenvalue weighted by molar-refractivity contribution is 5.63. The van der Waals surface area contributed by atoms with Crippen molar-refractivity contribution < 1.29 is 0 Å². The fourth-order valence-corrected chi connectivity index (χ4v) is 4.48. The molecule has 0 aromatic heterocycles. The van der Waals surface area contributed by atoms with E-state index in [0.717, 1.165) is 23.3 Å². The van der Waals surface area contributed by atoms with Crippen LogP contribution in [0.5, 0.6) is 0 Å². The molecule has 0 amide bonds. The van der Waals surface area contributed by atoms with E-state index < -0.39 is 0 Å². The molecular formula is C26H38N2. The van der Waals surface area contributed by atoms with E-state index in [4.69, 9.17) is 0 Å². The molecule has 1 saturated carbocycles. The minimum Gasteiger partial charge on any atom is -0.368 e. The summed E-state index contributed by atoms with van der Waals surface area (Å²) in [5.74, 6) is 0.809. The predicted octanol–water partition coefficient (Wildman–Crippen LogP) is 7.79. The number of unbranched alkanes of at least 4 members (excludes halogenated alkanes) is 1. The van der Waals surface area contributed by atoms with Crippen LogP contribution in [0, 0.1) is 5.92 Å². The van der Waals surface area contributed by atoms with Gasteiger partial charge in [-0.05, 0) is 61.6 Å². The fraction of sp³-hybridized carbons (Fsp3) is 0.538. The Labute approximate surface area is 172 Å². The summed E-state index contributed by atoms with van der Waals surface area (Å²) in [7, 11) is 0. The Morgan fingerprint density at radius 1 is 0.893 bits per heavy atom. The van der Waals surface area contributed by atoms with E-state index in [1.165, 1.54) is 70.0 Å². The smallest absolute Gasteiger partial charge is 0.0385 e. The molecule has 28 heavy (non-hydrogen) atoms. The molecule has 0 spiro atoms. The van der Waals surface area contributed by atoms with Gasteiger partial charge in [0.1, 0.15) is 0 Å². The Bertz CT molecular complexity index is 659. The molecule has 1 atom stereocenters. The zero-order valence-corrected chi connectivity index (χ0v) is 17.9. The maximum atomic E-state index is 3.51. The largest absolute Gasteiger partial charge is 0.368 e. The van der Waals surface area contributed by atoms with Gasteiger partial charge in [0, 0.05) is 29.6 Å². The summed E-state index contributed by atoms with van der Waals surface area (Å²) in [6.07, 6.45) is 12.2. The van der Waals surface area contributed by atoms with Crippen LogP contribution in [0.3, 0.4) is 0 Å². The summed E-state index contributed by atoms with van der Waals surface area (Å²) in [4.78, 5) is 2.75. The molecule has 0 bridgehead atoms. The molecule has 3 rings (SSSR count). The first kappa shape index (κ1) is 20.8. The normalized spacial score (nSPS) is 15.9. The third kappa shape index (κ3) is 6.02. The fourth-order valence-electron chi connectivity index (χ4n) is 4.48. The number of nitrogens with zero attached hydrogens (tertiary/aromatic N) is 1. The van der Waals surface area contributed by atoms with Gasteiger partial charge >= 0.3 is 0 Å². The predicted molar refractivity (Wildman–Crippen MR) is 124 cm³/mol. The van der Waals surface area contributed by atoms with Crippen LogP contribution in [0.25, 0.3) is 0 Å². The molecule has 0 radical (unpaired) electrons. The molecule has 2 aromatic carbocycles. The van der Waals surface area contributed by atoms with Gasteiger partial charge in [-0.1, -0.05) is 70.6 Å². The highest BCUT2D eigenvalue weighted by atomic mass is 15.2. The molecule has 1 aliphatic rings. The molecule has 1 fully saturated rings. The summed E-state index contributed by atoms with van der Waals surface area (Å²) >= 11 is 0. The van der Waals surface area contributed by atoms with E-state index in [2.05, 4.69) is 78.7 Å². The van der Waals surface area contributed by atoms with Gasteiger partial charge in [-0.3, -0.25) is 0 Å². The van der Waals surface area contributed by atoms with Gasteiger partial charge in [-0.15, -0.1) is 0 Å². The molecule has 152 valence electrons. The second-order valence-corrected chi connectivity index (χ2v) is 8.40. The number of hydrogen-bond acceptors (Lipinski definition) is 2. The average Bonchev–Trinajstić information content (AvgIpc) is 2.76. The molecule has 1 unspecified atom stereocenters. The first-order valence-electron chi connectivity index (χ1n) is 11.5. The number of benzene rings is 2. The van der Waals surface area contributed by atoms with Gasteiger partial charge < -0.3 is 10.2 Å². The zero-order chi connectivity index (χ0) is 19.6. The van der Waals surface area contributed by atoms with Crippen molar-refractivity contribution in [1.29, 1.82) is 0 Å². The molecule has 2 heteroatoms. The van der Waals surface area contributed by atoms with Crippen LogP contribution in [0.4, 0.5) is 17.1 Å². The van der Waals surface area contributed by atoms with Crippen LogP contribution in [-0.4, -0.2) is 12.6 Å². The van der Waals surface area contributed by atoms with Crippen LogP contribution in [0.1, 0.15) is 71.6 Å². The second-order valence-electron chi connectivity index (χ2n) is 8.40. The highest BCUT2D eigenvalue weighted by Gasteiger charge is 2.23. The van der Waals surface area contributed by atoms with E-state index in [1.807, 2.05) is 0 Å². The lowest BCUT2D eigenvalue weighted by molar-refractivity contribution is 0.373. The molecule has 0 saturated heterocycles. The molecular weight excluding hydrogens is 340 g/mol. The van der Waals surface area contributed by atoms with E-state index in [0.29, 0.717) is 0 Å². The van der Waals surface area contributed by atoms with Gasteiger partial charge in [0.25, 0.3) is 0 Å². The molecule has 2 aromatic rings. The summed E-state index contributed by atoms with van der Waals surface area (Å²) in [6, 6.07) is 20.3. The summed E-state index contributed by atoms with van der Waals surface area (Å²) in [6.45, 7) is 5.89. The van der Waals surface area contributed by atoms with Crippen molar-refractivity contribution in [3.8, 4) is 0 Å². The quantitative estimate of drug-likeness (QED) is 0.454. The van der Waals surface area contributed by atoms with Crippen LogP contribution in [-0.2, 0) is 0 Å². The van der Waals surface area contributed by atoms with Gasteiger partial charge in [0.05, 0.1) is 0 Å². The lowest BCUT2D eigenvalue weighted by Crippen LogP contribution is -2.40. The average molecular weight is 379 g/mol. The van der Waals surface area contributed by atoms with Gasteiger partial charge in [-0.25, -0.2) is 0 Å². The third-order valence-corrected chi connectivity index (χ3v) is 6.28. The Hall–Kier alpha value is -1.96. The lowest BCUT2D eigenvalue weighted by Gasteiger charge is -2.38. The number of para-hydroxylation sites is 1. The maximum Gasteiger partial charge on any atom is 0.0385 e. The molecule has 1 N–H and O–H groups in total. The molecule has 1 aliphatic carbocycles. The lowest BCUT2D eigenvalue weighted by atomic mass is 9.91. The molecule has 2 nitrogen and oxygen atoms in total. The van der Waals surface area contributed by atoms with E-state index in [-0.39, 0.29) is 0 Å². The van der Waals surface area contributed by atoms with Crippen molar-refractivity contribution >= 4 is 17.1 Å². The molecule has 0 heterocycles. The second kappa shape index (κ2) is 11.1. The number of hydrogen-bond donors (Lipinski definition) is 1. The van der Waals surface area contributed by atoms with Crippen molar-refractivity contribution in [3.63, 3.8) is 0 Å². The standard InChI is InChI=1S/C26H38N2/c1-3-5-12-22(4-2)21-28(25-15-10-7-11-16-25)26-19-17-24(18-20-26)27-23-13-8-6-9-14-23/h6,8-9,13-14,17-20,22,25,27H,3-5,7,10-12,15-16,21H2,1-2H3. The van der Waals surface area contributed by atoms with Gasteiger partial charge in [-0.2, -0.15) is 0 Å². The van der Waals surface area contributed by atoms with Crippen LogP contribution in [0.2, 0.25) is 0 Å². The van der Waals surface area contributed by atoms with Crippen LogP contribution < -0.4 is 10.2 Å². The van der Waals surface area contributed by atoms with Crippen LogP contribution >= 0.6 is 0 Å². The zero-order valence-electron chi connectivity index (χ0n) is 17.9. The maximum absolute atomic E-state index is 3.51. The van der Waals surface area contributed by atoms with Crippen molar-refractivity contribution in [2.75, 3.05) is 16.8 Å². The summed E-state index contributed by atoms with van der Waals surface area (Å²) in [5.41, 5.74) is 3.71. The van der Waals surface area contributed by atoms with Gasteiger partial charge in [0.2, 0.25) is 0 Å². The SMILES string of the molecule is CCCCC(CC)CN(c1ccc(Nc2ccccc2)cc1)C1CCCCC1. The monoisotopic (exact) mass is 378 g/mol. The van der Waals surface area contributed by atoms with E-state index in [1.54, 1.807) is 0 Å². The molecule has 0 aliphatic heterocycles. The van der Waals surface area contributed by atoms with Gasteiger partial charge in [0.15, 0.2) is 0 Å². The Morgan fingerprint density at radius 2 is 1.57 bits per heavy atom. The van der Waals surface area contributed by atoms with E-state index >= 15 is 0 Å². The Balaban J connectivity index is 1.72. The first-order chi connectivity index (χ1) is 13.8. The van der Waals surface area contributed by atoms with Crippen molar-refractivity contribution in [2.24, 2.45) is 5.92 Å². The minimum atomic E-state index is 0.720. The van der Waals surface area contributed by atoms with Crippen molar-refractivity contribution in [1.82, 2.24) is 0 Å². The number of anilines is 3.